The first-order valence-electron chi connectivity index (χ1n) is 5.90. The van der Waals surface area contributed by atoms with Crippen LogP contribution in [-0.4, -0.2) is 41.6 Å². The molecule has 2 atom stereocenters. The molecule has 2 heterocycles. The lowest BCUT2D eigenvalue weighted by Crippen LogP contribution is -2.50. The fraction of sp³-hybridized carbons (Fsp3) is 0.818. The Hall–Kier alpha value is -1.30. The van der Waals surface area contributed by atoms with Crippen LogP contribution in [0.2, 0.25) is 0 Å². The van der Waals surface area contributed by atoms with E-state index in [4.69, 9.17) is 4.74 Å². The van der Waals surface area contributed by atoms with Crippen LogP contribution in [0.15, 0.2) is 0 Å². The molecule has 0 spiro atoms. The van der Waals surface area contributed by atoms with E-state index in [1.807, 2.05) is 20.8 Å². The van der Waals surface area contributed by atoms with Crippen molar-refractivity contribution in [2.75, 3.05) is 13.1 Å². The molecule has 0 aromatic heterocycles. The van der Waals surface area contributed by atoms with Gasteiger partial charge >= 0.3 is 6.09 Å². The van der Waals surface area contributed by atoms with Crippen LogP contribution in [0, 0.1) is 5.92 Å². The van der Waals surface area contributed by atoms with Gasteiger partial charge in [-0.05, 0) is 27.2 Å². The summed E-state index contributed by atoms with van der Waals surface area (Å²) in [6.07, 6.45) is 0.375. The van der Waals surface area contributed by atoms with E-state index in [0.29, 0.717) is 19.5 Å². The maximum Gasteiger partial charge on any atom is 0.410 e. The third kappa shape index (κ3) is 2.69. The van der Waals surface area contributed by atoms with E-state index >= 15 is 0 Å². The molecule has 2 unspecified atom stereocenters. The Kier molecular flexibility index (Phi) is 2.99. The Bertz CT molecular complexity index is 337. The van der Waals surface area contributed by atoms with Crippen molar-refractivity contribution in [1.82, 2.24) is 15.8 Å². The lowest BCUT2D eigenvalue weighted by molar-refractivity contribution is -0.123. The Labute approximate surface area is 101 Å². The number of fused-ring (bicyclic) bond motifs is 1. The minimum Gasteiger partial charge on any atom is -0.444 e. The maximum absolute atomic E-state index is 11.9. The lowest BCUT2D eigenvalue weighted by atomic mass is 9.93. The molecule has 0 saturated carbocycles. The highest BCUT2D eigenvalue weighted by Gasteiger charge is 2.40. The van der Waals surface area contributed by atoms with Crippen LogP contribution >= 0.6 is 0 Å². The fourth-order valence-electron chi connectivity index (χ4n) is 2.16. The SMILES string of the molecule is CC(C)(C)OC(=O)N1CCC2C(=O)NNC2C1. The summed E-state index contributed by atoms with van der Waals surface area (Å²) in [5, 5.41) is 0. The quantitative estimate of drug-likeness (QED) is 0.637. The molecular weight excluding hydrogens is 222 g/mol. The van der Waals surface area contributed by atoms with Gasteiger partial charge in [0.05, 0.1) is 12.0 Å². The van der Waals surface area contributed by atoms with Gasteiger partial charge in [-0.15, -0.1) is 0 Å². The molecule has 6 nitrogen and oxygen atoms in total. The number of likely N-dealkylation sites (tertiary alicyclic amines) is 1. The minimum atomic E-state index is -0.481. The predicted octanol–water partition coefficient (Wildman–Crippen LogP) is 0.246. The van der Waals surface area contributed by atoms with Crippen molar-refractivity contribution in [3.63, 3.8) is 0 Å². The molecule has 6 heteroatoms. The molecule has 0 bridgehead atoms. The van der Waals surface area contributed by atoms with Gasteiger partial charge in [0.25, 0.3) is 0 Å². The monoisotopic (exact) mass is 241 g/mol. The standard InChI is InChI=1S/C11H19N3O3/c1-11(2,3)17-10(16)14-5-4-7-8(6-14)12-13-9(7)15/h7-8,12H,4-6H2,1-3H3,(H,13,15). The maximum atomic E-state index is 11.9. The van der Waals surface area contributed by atoms with Crippen LogP contribution in [0.4, 0.5) is 4.79 Å². The van der Waals surface area contributed by atoms with E-state index in [1.54, 1.807) is 4.90 Å². The van der Waals surface area contributed by atoms with Gasteiger partial charge in [0.2, 0.25) is 5.91 Å². The van der Waals surface area contributed by atoms with Gasteiger partial charge in [-0.3, -0.25) is 10.2 Å². The van der Waals surface area contributed by atoms with E-state index in [2.05, 4.69) is 10.9 Å². The predicted molar refractivity (Wildman–Crippen MR) is 61.0 cm³/mol. The third-order valence-corrected chi connectivity index (χ3v) is 2.98. The van der Waals surface area contributed by atoms with Gasteiger partial charge < -0.3 is 9.64 Å². The Morgan fingerprint density at radius 1 is 1.47 bits per heavy atom. The second-order valence-electron chi connectivity index (χ2n) is 5.56. The molecule has 0 aromatic carbocycles. The summed E-state index contributed by atoms with van der Waals surface area (Å²) >= 11 is 0. The number of carbonyl (C=O) groups is 2. The van der Waals surface area contributed by atoms with Gasteiger partial charge in [-0.1, -0.05) is 0 Å². The molecule has 96 valence electrons. The van der Waals surface area contributed by atoms with Crippen LogP contribution in [0.25, 0.3) is 0 Å². The molecule has 2 aliphatic heterocycles. The average molecular weight is 241 g/mol. The molecule has 2 rings (SSSR count). The van der Waals surface area contributed by atoms with Crippen molar-refractivity contribution in [2.24, 2.45) is 5.92 Å². The number of hydrogen-bond donors (Lipinski definition) is 2. The average Bonchev–Trinajstić information content (AvgIpc) is 2.57. The second kappa shape index (κ2) is 4.18. The highest BCUT2D eigenvalue weighted by molar-refractivity contribution is 5.81. The van der Waals surface area contributed by atoms with Crippen molar-refractivity contribution in [3.05, 3.63) is 0 Å². The topological polar surface area (TPSA) is 70.7 Å². The molecule has 2 fully saturated rings. The number of rotatable bonds is 0. The zero-order chi connectivity index (χ0) is 12.6. The summed E-state index contributed by atoms with van der Waals surface area (Å²) in [5.74, 6) is 0.00697. The molecule has 2 N–H and O–H groups in total. The number of nitrogens with zero attached hydrogens (tertiary/aromatic N) is 1. The Morgan fingerprint density at radius 2 is 2.18 bits per heavy atom. The minimum absolute atomic E-state index is 0.00349. The largest absolute Gasteiger partial charge is 0.444 e. The molecular formula is C11H19N3O3. The van der Waals surface area contributed by atoms with Crippen molar-refractivity contribution in [2.45, 2.75) is 38.8 Å². The highest BCUT2D eigenvalue weighted by Crippen LogP contribution is 2.22. The van der Waals surface area contributed by atoms with Crippen LogP contribution in [0.5, 0.6) is 0 Å². The lowest BCUT2D eigenvalue weighted by Gasteiger charge is -2.34. The van der Waals surface area contributed by atoms with E-state index in [0.717, 1.165) is 0 Å². The van der Waals surface area contributed by atoms with E-state index in [9.17, 15) is 9.59 Å². The summed E-state index contributed by atoms with van der Waals surface area (Å²) < 4.78 is 5.31. The third-order valence-electron chi connectivity index (χ3n) is 2.98. The normalized spacial score (nSPS) is 28.6. The van der Waals surface area contributed by atoms with Crippen molar-refractivity contribution >= 4 is 12.0 Å². The Balaban J connectivity index is 1.93. The number of carbonyl (C=O) groups excluding carboxylic acids is 2. The van der Waals surface area contributed by atoms with Crippen LogP contribution < -0.4 is 10.9 Å². The summed E-state index contributed by atoms with van der Waals surface area (Å²) in [5.41, 5.74) is 5.03. The number of hydrazine groups is 1. The van der Waals surface area contributed by atoms with Gasteiger partial charge in [0.1, 0.15) is 5.60 Å². The summed E-state index contributed by atoms with van der Waals surface area (Å²) in [6.45, 7) is 6.62. The van der Waals surface area contributed by atoms with Crippen LogP contribution in [-0.2, 0) is 9.53 Å². The molecule has 17 heavy (non-hydrogen) atoms. The molecule has 2 amide bonds. The van der Waals surface area contributed by atoms with E-state index < -0.39 is 5.60 Å². The summed E-state index contributed by atoms with van der Waals surface area (Å²) in [4.78, 5) is 24.9. The fourth-order valence-corrected chi connectivity index (χ4v) is 2.16. The molecule has 0 aromatic rings. The first-order chi connectivity index (χ1) is 7.87. The van der Waals surface area contributed by atoms with Gasteiger partial charge in [-0.25, -0.2) is 10.2 Å². The number of amides is 2. The molecule has 2 saturated heterocycles. The number of piperidine rings is 1. The molecule has 2 aliphatic rings. The molecule has 0 aliphatic carbocycles. The summed E-state index contributed by atoms with van der Waals surface area (Å²) in [7, 11) is 0. The summed E-state index contributed by atoms with van der Waals surface area (Å²) in [6, 6.07) is 0.00349. The zero-order valence-corrected chi connectivity index (χ0v) is 10.4. The van der Waals surface area contributed by atoms with Gasteiger partial charge in [0.15, 0.2) is 0 Å². The van der Waals surface area contributed by atoms with Crippen molar-refractivity contribution in [1.29, 1.82) is 0 Å². The second-order valence-corrected chi connectivity index (χ2v) is 5.56. The van der Waals surface area contributed by atoms with Crippen molar-refractivity contribution < 1.29 is 14.3 Å². The smallest absolute Gasteiger partial charge is 0.410 e. The Morgan fingerprint density at radius 3 is 2.82 bits per heavy atom. The highest BCUT2D eigenvalue weighted by atomic mass is 16.6. The van der Waals surface area contributed by atoms with E-state index in [1.165, 1.54) is 0 Å². The molecule has 0 radical (unpaired) electrons. The number of ether oxygens (including phenoxy) is 1. The van der Waals surface area contributed by atoms with Crippen LogP contribution in [0.3, 0.4) is 0 Å². The van der Waals surface area contributed by atoms with E-state index in [-0.39, 0.29) is 24.0 Å². The first-order valence-corrected chi connectivity index (χ1v) is 5.90. The van der Waals surface area contributed by atoms with Gasteiger partial charge in [0, 0.05) is 13.1 Å². The van der Waals surface area contributed by atoms with Crippen LogP contribution in [0.1, 0.15) is 27.2 Å². The van der Waals surface area contributed by atoms with Gasteiger partial charge in [-0.2, -0.15) is 0 Å². The zero-order valence-electron chi connectivity index (χ0n) is 10.4. The number of nitrogens with one attached hydrogen (secondary N) is 2. The van der Waals surface area contributed by atoms with Crippen molar-refractivity contribution in [3.8, 4) is 0 Å². The number of hydrogen-bond acceptors (Lipinski definition) is 4. The first kappa shape index (κ1) is 12.2.